The van der Waals surface area contributed by atoms with Gasteiger partial charge in [-0.25, -0.2) is 9.37 Å². The Balaban J connectivity index is 1.99. The molecule has 0 aliphatic heterocycles. The van der Waals surface area contributed by atoms with Crippen LogP contribution in [0.4, 0.5) is 15.9 Å². The van der Waals surface area contributed by atoms with Crippen molar-refractivity contribution in [1.29, 1.82) is 0 Å². The van der Waals surface area contributed by atoms with Crippen molar-refractivity contribution in [2.45, 2.75) is 6.92 Å². The number of anilines is 2. The fourth-order valence-electron chi connectivity index (χ4n) is 1.92. The third-order valence-corrected chi connectivity index (χ3v) is 2.89. The number of nitrogens with one attached hydrogen (secondary N) is 1. The zero-order valence-electron chi connectivity index (χ0n) is 10.4. The lowest BCUT2D eigenvalue weighted by molar-refractivity contribution is 0.640. The van der Waals surface area contributed by atoms with E-state index in [1.165, 1.54) is 12.3 Å². The van der Waals surface area contributed by atoms with Crippen LogP contribution in [0.1, 0.15) is 5.56 Å². The Bertz CT molecular complexity index is 723. The van der Waals surface area contributed by atoms with Crippen LogP contribution in [0.5, 0.6) is 0 Å². The summed E-state index contributed by atoms with van der Waals surface area (Å²) in [5, 5.41) is 4.42. The monoisotopic (exact) mass is 253 g/mol. The SMILES string of the molecule is Cc1ccc(Nc2cc(F)c3cnccc3c2)nc1. The Kier molecular flexibility index (Phi) is 2.83. The van der Waals surface area contributed by atoms with Crippen LogP contribution >= 0.6 is 0 Å². The summed E-state index contributed by atoms with van der Waals surface area (Å²) in [6.07, 6.45) is 4.94. The molecule has 0 saturated heterocycles. The van der Waals surface area contributed by atoms with Crippen molar-refractivity contribution in [2.24, 2.45) is 0 Å². The molecule has 0 atom stereocenters. The van der Waals surface area contributed by atoms with Crippen LogP contribution in [0.3, 0.4) is 0 Å². The van der Waals surface area contributed by atoms with Crippen LogP contribution in [-0.2, 0) is 0 Å². The van der Waals surface area contributed by atoms with E-state index in [1.54, 1.807) is 18.5 Å². The molecule has 1 aromatic carbocycles. The van der Waals surface area contributed by atoms with Gasteiger partial charge in [0.05, 0.1) is 0 Å². The minimum Gasteiger partial charge on any atom is -0.340 e. The molecule has 2 heterocycles. The fraction of sp³-hybridized carbons (Fsp3) is 0.0667. The molecular weight excluding hydrogens is 241 g/mol. The predicted molar refractivity (Wildman–Crippen MR) is 74.0 cm³/mol. The van der Waals surface area contributed by atoms with Gasteiger partial charge in [0.1, 0.15) is 11.6 Å². The minimum atomic E-state index is -0.291. The highest BCUT2D eigenvalue weighted by molar-refractivity contribution is 5.86. The number of hydrogen-bond acceptors (Lipinski definition) is 3. The second-order valence-electron chi connectivity index (χ2n) is 4.40. The van der Waals surface area contributed by atoms with Crippen molar-refractivity contribution >= 4 is 22.3 Å². The van der Waals surface area contributed by atoms with Gasteiger partial charge in [0.15, 0.2) is 0 Å². The first-order valence-corrected chi connectivity index (χ1v) is 5.95. The van der Waals surface area contributed by atoms with Gasteiger partial charge in [-0.15, -0.1) is 0 Å². The molecule has 1 N–H and O–H groups in total. The number of rotatable bonds is 2. The molecule has 3 aromatic rings. The Hall–Kier alpha value is -2.49. The lowest BCUT2D eigenvalue weighted by Crippen LogP contribution is -1.94. The first kappa shape index (κ1) is 11.6. The standard InChI is InChI=1S/C15H12FN3/c1-10-2-3-15(18-8-10)19-12-6-11-4-5-17-9-13(11)14(16)7-12/h2-9H,1H3,(H,18,19). The number of aryl methyl sites for hydroxylation is 1. The number of halogens is 1. The molecule has 0 fully saturated rings. The van der Waals surface area contributed by atoms with Gasteiger partial charge in [-0.2, -0.15) is 0 Å². The molecule has 0 radical (unpaired) electrons. The highest BCUT2D eigenvalue weighted by Crippen LogP contribution is 2.23. The number of aromatic nitrogens is 2. The Labute approximate surface area is 110 Å². The Morgan fingerprint density at radius 2 is 2.00 bits per heavy atom. The van der Waals surface area contributed by atoms with E-state index in [2.05, 4.69) is 15.3 Å². The van der Waals surface area contributed by atoms with Crippen LogP contribution in [0, 0.1) is 12.7 Å². The lowest BCUT2D eigenvalue weighted by Gasteiger charge is -2.08. The van der Waals surface area contributed by atoms with Crippen molar-refractivity contribution in [3.63, 3.8) is 0 Å². The average Bonchev–Trinajstić information content (AvgIpc) is 2.42. The largest absolute Gasteiger partial charge is 0.340 e. The molecule has 0 bridgehead atoms. The van der Waals surface area contributed by atoms with Gasteiger partial charge in [-0.05, 0) is 42.1 Å². The van der Waals surface area contributed by atoms with E-state index in [9.17, 15) is 4.39 Å². The fourth-order valence-corrected chi connectivity index (χ4v) is 1.92. The number of benzene rings is 1. The molecule has 0 amide bonds. The van der Waals surface area contributed by atoms with Crippen LogP contribution in [0.2, 0.25) is 0 Å². The summed E-state index contributed by atoms with van der Waals surface area (Å²) in [7, 11) is 0. The lowest BCUT2D eigenvalue weighted by atomic mass is 10.1. The highest BCUT2D eigenvalue weighted by atomic mass is 19.1. The Morgan fingerprint density at radius 3 is 2.79 bits per heavy atom. The third kappa shape index (κ3) is 2.38. The van der Waals surface area contributed by atoms with E-state index in [0.29, 0.717) is 16.9 Å². The summed E-state index contributed by atoms with van der Waals surface area (Å²) < 4.78 is 13.9. The zero-order chi connectivity index (χ0) is 13.2. The molecule has 0 aliphatic rings. The quantitative estimate of drug-likeness (QED) is 0.754. The summed E-state index contributed by atoms with van der Waals surface area (Å²) in [5.41, 5.74) is 1.76. The summed E-state index contributed by atoms with van der Waals surface area (Å²) in [4.78, 5) is 8.16. The van der Waals surface area contributed by atoms with Crippen LogP contribution in [0.25, 0.3) is 10.8 Å². The van der Waals surface area contributed by atoms with Gasteiger partial charge in [0.25, 0.3) is 0 Å². The van der Waals surface area contributed by atoms with E-state index in [4.69, 9.17) is 0 Å². The summed E-state index contributed by atoms with van der Waals surface area (Å²) in [6.45, 7) is 1.97. The van der Waals surface area contributed by atoms with Gasteiger partial charge in [-0.3, -0.25) is 4.98 Å². The van der Waals surface area contributed by atoms with Crippen LogP contribution < -0.4 is 5.32 Å². The summed E-state index contributed by atoms with van der Waals surface area (Å²) >= 11 is 0. The van der Waals surface area contributed by atoms with Crippen molar-refractivity contribution in [3.8, 4) is 0 Å². The minimum absolute atomic E-state index is 0.291. The molecule has 0 saturated carbocycles. The summed E-state index contributed by atoms with van der Waals surface area (Å²) in [5.74, 6) is 0.401. The smallest absolute Gasteiger partial charge is 0.134 e. The zero-order valence-corrected chi connectivity index (χ0v) is 10.4. The third-order valence-electron chi connectivity index (χ3n) is 2.89. The molecular formula is C15H12FN3. The van der Waals surface area contributed by atoms with Gasteiger partial charge in [0.2, 0.25) is 0 Å². The maximum atomic E-state index is 13.9. The van der Waals surface area contributed by atoms with Crippen molar-refractivity contribution < 1.29 is 4.39 Å². The number of nitrogens with zero attached hydrogens (tertiary/aromatic N) is 2. The van der Waals surface area contributed by atoms with Crippen LogP contribution in [0.15, 0.2) is 48.9 Å². The first-order valence-electron chi connectivity index (χ1n) is 5.95. The van der Waals surface area contributed by atoms with Gasteiger partial charge in [-0.1, -0.05) is 6.07 Å². The van der Waals surface area contributed by atoms with Crippen LogP contribution in [-0.4, -0.2) is 9.97 Å². The topological polar surface area (TPSA) is 37.8 Å². The maximum Gasteiger partial charge on any atom is 0.134 e. The number of hydrogen-bond donors (Lipinski definition) is 1. The van der Waals surface area contributed by atoms with Gasteiger partial charge < -0.3 is 5.32 Å². The number of fused-ring (bicyclic) bond motifs is 1. The molecule has 4 heteroatoms. The Morgan fingerprint density at radius 1 is 1.11 bits per heavy atom. The van der Waals surface area contributed by atoms with E-state index in [0.717, 1.165) is 10.9 Å². The van der Waals surface area contributed by atoms with E-state index in [1.807, 2.05) is 25.1 Å². The molecule has 0 spiro atoms. The highest BCUT2D eigenvalue weighted by Gasteiger charge is 2.04. The maximum absolute atomic E-state index is 13.9. The van der Waals surface area contributed by atoms with Gasteiger partial charge in [0, 0.05) is 29.7 Å². The normalized spacial score (nSPS) is 10.6. The molecule has 19 heavy (non-hydrogen) atoms. The average molecular weight is 253 g/mol. The first-order chi connectivity index (χ1) is 9.22. The van der Waals surface area contributed by atoms with Gasteiger partial charge >= 0.3 is 0 Å². The molecule has 0 aliphatic carbocycles. The molecule has 3 nitrogen and oxygen atoms in total. The summed E-state index contributed by atoms with van der Waals surface area (Å²) in [6, 6.07) is 8.93. The van der Waals surface area contributed by atoms with Crippen molar-refractivity contribution in [3.05, 3.63) is 60.3 Å². The van der Waals surface area contributed by atoms with E-state index in [-0.39, 0.29) is 5.82 Å². The van der Waals surface area contributed by atoms with Crippen molar-refractivity contribution in [1.82, 2.24) is 9.97 Å². The number of pyridine rings is 2. The predicted octanol–water partition coefficient (Wildman–Crippen LogP) is 3.82. The molecule has 3 rings (SSSR count). The molecule has 0 unspecified atom stereocenters. The second kappa shape index (κ2) is 4.65. The molecule has 94 valence electrons. The molecule has 2 aromatic heterocycles. The van der Waals surface area contributed by atoms with E-state index < -0.39 is 0 Å². The van der Waals surface area contributed by atoms with E-state index >= 15 is 0 Å². The second-order valence-corrected chi connectivity index (χ2v) is 4.40. The van der Waals surface area contributed by atoms with Crippen molar-refractivity contribution in [2.75, 3.05) is 5.32 Å².